The Bertz CT molecular complexity index is 1250. The van der Waals surface area contributed by atoms with Crippen molar-refractivity contribution in [2.24, 2.45) is 9.98 Å². The summed E-state index contributed by atoms with van der Waals surface area (Å²) >= 11 is 6.35. The monoisotopic (exact) mass is 421 g/mol. The van der Waals surface area contributed by atoms with Gasteiger partial charge in [-0.05, 0) is 45.5 Å². The Kier molecular flexibility index (Phi) is 5.34. The quantitative estimate of drug-likeness (QED) is 0.367. The molecule has 0 aromatic heterocycles. The van der Waals surface area contributed by atoms with Gasteiger partial charge in [-0.1, -0.05) is 103 Å². The molecule has 1 heterocycles. The molecule has 150 valence electrons. The lowest BCUT2D eigenvalue weighted by atomic mass is 10.0. The predicted molar refractivity (Wildman–Crippen MR) is 129 cm³/mol. The molecule has 0 fully saturated rings. The molecule has 0 radical (unpaired) electrons. The Morgan fingerprint density at radius 2 is 1.10 bits per heavy atom. The summed E-state index contributed by atoms with van der Waals surface area (Å²) in [5, 5.41) is 3.45. The summed E-state index contributed by atoms with van der Waals surface area (Å²) in [5.74, 6) is 0.718. The third-order valence-electron chi connectivity index (χ3n) is 5.27. The van der Waals surface area contributed by atoms with E-state index < -0.39 is 0 Å². The van der Waals surface area contributed by atoms with E-state index in [0.29, 0.717) is 5.29 Å². The fourth-order valence-electron chi connectivity index (χ4n) is 3.67. The molecular formula is C27H20ClN3. The van der Waals surface area contributed by atoms with Crippen molar-refractivity contribution in [2.45, 2.75) is 6.17 Å². The van der Waals surface area contributed by atoms with E-state index in [4.69, 9.17) is 16.6 Å². The number of hydrogen-bond acceptors (Lipinski definition) is 3. The van der Waals surface area contributed by atoms with E-state index in [-0.39, 0.29) is 6.17 Å². The Morgan fingerprint density at radius 3 is 1.77 bits per heavy atom. The molecule has 0 saturated carbocycles. The number of nitrogens with zero attached hydrogens (tertiary/aromatic N) is 2. The molecule has 0 saturated heterocycles. The van der Waals surface area contributed by atoms with E-state index in [1.807, 2.05) is 48.5 Å². The zero-order valence-corrected chi connectivity index (χ0v) is 17.5. The van der Waals surface area contributed by atoms with Crippen LogP contribution < -0.4 is 5.32 Å². The first-order valence-corrected chi connectivity index (χ1v) is 10.5. The van der Waals surface area contributed by atoms with E-state index in [9.17, 15) is 0 Å². The number of benzene rings is 4. The minimum Gasteiger partial charge on any atom is -0.315 e. The van der Waals surface area contributed by atoms with Crippen LogP contribution in [0, 0.1) is 0 Å². The Hall–Kier alpha value is -3.69. The largest absolute Gasteiger partial charge is 0.315 e. The lowest BCUT2D eigenvalue weighted by molar-refractivity contribution is 0.760. The average molecular weight is 422 g/mol. The van der Waals surface area contributed by atoms with Crippen molar-refractivity contribution < 1.29 is 0 Å². The Balaban J connectivity index is 1.45. The number of amidine groups is 2. The Morgan fingerprint density at radius 1 is 0.548 bits per heavy atom. The van der Waals surface area contributed by atoms with Gasteiger partial charge >= 0.3 is 0 Å². The van der Waals surface area contributed by atoms with Gasteiger partial charge in [0.15, 0.2) is 11.5 Å². The van der Waals surface area contributed by atoms with Crippen LogP contribution in [0.1, 0.15) is 17.3 Å². The van der Waals surface area contributed by atoms with Crippen LogP contribution in [0.4, 0.5) is 0 Å². The maximum Gasteiger partial charge on any atom is 0.199 e. The average Bonchev–Trinajstić information content (AvgIpc) is 2.85. The molecule has 4 heteroatoms. The van der Waals surface area contributed by atoms with Gasteiger partial charge in [0.05, 0.1) is 0 Å². The van der Waals surface area contributed by atoms with Crippen molar-refractivity contribution in [2.75, 3.05) is 0 Å². The highest BCUT2D eigenvalue weighted by Gasteiger charge is 2.19. The van der Waals surface area contributed by atoms with Crippen molar-refractivity contribution in [1.82, 2.24) is 5.32 Å². The zero-order chi connectivity index (χ0) is 21.0. The molecule has 1 aliphatic rings. The third kappa shape index (κ3) is 4.27. The topological polar surface area (TPSA) is 36.8 Å². The van der Waals surface area contributed by atoms with E-state index in [1.165, 1.54) is 5.56 Å². The fraction of sp³-hybridized carbons (Fsp3) is 0.0370. The number of nitrogens with one attached hydrogen (secondary N) is 1. The Labute approximate surface area is 186 Å². The minimum atomic E-state index is -0.381. The molecule has 0 bridgehead atoms. The first-order valence-electron chi connectivity index (χ1n) is 10.2. The molecule has 31 heavy (non-hydrogen) atoms. The van der Waals surface area contributed by atoms with Crippen LogP contribution in [0.5, 0.6) is 0 Å². The third-order valence-corrected chi connectivity index (χ3v) is 5.46. The van der Waals surface area contributed by atoms with E-state index >= 15 is 0 Å². The van der Waals surface area contributed by atoms with Crippen LogP contribution >= 0.6 is 11.6 Å². The van der Waals surface area contributed by atoms with E-state index in [1.54, 1.807) is 0 Å². The molecule has 1 unspecified atom stereocenters. The summed E-state index contributed by atoms with van der Waals surface area (Å²) in [4.78, 5) is 9.34. The molecule has 3 nitrogen and oxygen atoms in total. The predicted octanol–water partition coefficient (Wildman–Crippen LogP) is 6.66. The lowest BCUT2D eigenvalue weighted by Crippen LogP contribution is -2.32. The van der Waals surface area contributed by atoms with Crippen LogP contribution in [0.25, 0.3) is 22.3 Å². The summed E-state index contributed by atoms with van der Waals surface area (Å²) in [7, 11) is 0. The smallest absolute Gasteiger partial charge is 0.199 e. The van der Waals surface area contributed by atoms with Gasteiger partial charge in [-0.2, -0.15) is 0 Å². The summed E-state index contributed by atoms with van der Waals surface area (Å²) in [6.45, 7) is 0. The van der Waals surface area contributed by atoms with Crippen molar-refractivity contribution >= 4 is 22.7 Å². The van der Waals surface area contributed by atoms with Crippen molar-refractivity contribution in [3.05, 3.63) is 120 Å². The number of halogens is 1. The molecular weight excluding hydrogens is 402 g/mol. The maximum absolute atomic E-state index is 6.35. The second-order valence-electron chi connectivity index (χ2n) is 7.33. The summed E-state index contributed by atoms with van der Waals surface area (Å²) in [5.41, 5.74) is 6.60. The van der Waals surface area contributed by atoms with Gasteiger partial charge in [-0.3, -0.25) is 0 Å². The van der Waals surface area contributed by atoms with Crippen LogP contribution in [0.15, 0.2) is 119 Å². The molecule has 5 rings (SSSR count). The molecule has 0 amide bonds. The summed E-state index contributed by atoms with van der Waals surface area (Å²) in [6.07, 6.45) is -0.381. The van der Waals surface area contributed by atoms with Gasteiger partial charge < -0.3 is 5.32 Å². The van der Waals surface area contributed by atoms with Gasteiger partial charge in [-0.15, -0.1) is 0 Å². The highest BCUT2D eigenvalue weighted by atomic mass is 35.5. The zero-order valence-electron chi connectivity index (χ0n) is 16.7. The van der Waals surface area contributed by atoms with Crippen LogP contribution in [0.2, 0.25) is 0 Å². The van der Waals surface area contributed by atoms with Crippen LogP contribution in [-0.4, -0.2) is 11.1 Å². The highest BCUT2D eigenvalue weighted by molar-refractivity contribution is 6.66. The van der Waals surface area contributed by atoms with Crippen LogP contribution in [-0.2, 0) is 0 Å². The lowest BCUT2D eigenvalue weighted by Gasteiger charge is -2.19. The standard InChI is InChI=1S/C27H20ClN3/c28-27-30-25(22-16-14-21(15-17-22)19-8-3-1-4-9-19)29-26(31-27)24-13-7-12-23(18-24)20-10-5-2-6-11-20/h1-18,25H,(H,29,30,31). The second-order valence-corrected chi connectivity index (χ2v) is 7.69. The first kappa shape index (κ1) is 19.3. The van der Waals surface area contributed by atoms with E-state index in [0.717, 1.165) is 33.7 Å². The van der Waals surface area contributed by atoms with Gasteiger partial charge in [0, 0.05) is 5.56 Å². The van der Waals surface area contributed by atoms with Gasteiger partial charge in [-0.25, -0.2) is 9.98 Å². The molecule has 4 aromatic rings. The van der Waals surface area contributed by atoms with E-state index in [2.05, 4.69) is 71.0 Å². The van der Waals surface area contributed by atoms with Crippen molar-refractivity contribution in [3.63, 3.8) is 0 Å². The van der Waals surface area contributed by atoms with Gasteiger partial charge in [0.25, 0.3) is 0 Å². The summed E-state index contributed by atoms with van der Waals surface area (Å²) < 4.78 is 0. The van der Waals surface area contributed by atoms with Crippen molar-refractivity contribution in [1.29, 1.82) is 0 Å². The van der Waals surface area contributed by atoms with Gasteiger partial charge in [0.1, 0.15) is 5.84 Å². The normalized spacial score (nSPS) is 15.6. The maximum atomic E-state index is 6.35. The molecule has 1 atom stereocenters. The molecule has 0 spiro atoms. The minimum absolute atomic E-state index is 0.340. The highest BCUT2D eigenvalue weighted by Crippen LogP contribution is 2.27. The van der Waals surface area contributed by atoms with Gasteiger partial charge in [0.2, 0.25) is 0 Å². The SMILES string of the molecule is ClC1=NC(c2ccc(-c3ccccc3)cc2)N=C(c2cccc(-c3ccccc3)c2)N1. The van der Waals surface area contributed by atoms with Crippen molar-refractivity contribution in [3.8, 4) is 22.3 Å². The van der Waals surface area contributed by atoms with Crippen LogP contribution in [0.3, 0.4) is 0 Å². The molecule has 1 aliphatic heterocycles. The number of rotatable bonds is 4. The first-order chi connectivity index (χ1) is 15.3. The molecule has 4 aromatic carbocycles. The molecule has 1 N–H and O–H groups in total. The summed E-state index contributed by atoms with van der Waals surface area (Å²) in [6, 6.07) is 37.2. The fourth-order valence-corrected chi connectivity index (χ4v) is 3.85. The second kappa shape index (κ2) is 8.58. The number of aliphatic imine (C=N–C) groups is 2. The molecule has 0 aliphatic carbocycles. The number of hydrogen-bond donors (Lipinski definition) is 1.